The Balaban J connectivity index is 1.48. The second-order valence-electron chi connectivity index (χ2n) is 9.87. The van der Waals surface area contributed by atoms with E-state index in [2.05, 4.69) is 21.4 Å². The molecule has 0 saturated carbocycles. The summed E-state index contributed by atoms with van der Waals surface area (Å²) in [5, 5.41) is 22.4. The molecule has 1 N–H and O–H groups in total. The lowest BCUT2D eigenvalue weighted by molar-refractivity contribution is -0.137. The molecule has 1 unspecified atom stereocenters. The van der Waals surface area contributed by atoms with Gasteiger partial charge in [0.25, 0.3) is 0 Å². The van der Waals surface area contributed by atoms with Crippen LogP contribution in [0, 0.1) is 28.5 Å². The van der Waals surface area contributed by atoms with Crippen molar-refractivity contribution in [2.24, 2.45) is 7.05 Å². The van der Waals surface area contributed by atoms with Gasteiger partial charge in [0.15, 0.2) is 0 Å². The van der Waals surface area contributed by atoms with Gasteiger partial charge in [-0.2, -0.15) is 23.7 Å². The first kappa shape index (κ1) is 30.0. The SMILES string of the molecule is Cn1cncc1C(OCc1ccc(C#N)c(NCc2cccc(F)c2)n1)c1ccc(C#N)c(-c2ccccc2C(F)(F)F)c1. The van der Waals surface area contributed by atoms with Crippen molar-refractivity contribution in [1.29, 1.82) is 10.5 Å². The molecule has 0 fully saturated rings. The molecular formula is C33H24F4N6O. The second-order valence-corrected chi connectivity index (χ2v) is 9.87. The van der Waals surface area contributed by atoms with Crippen molar-refractivity contribution >= 4 is 5.82 Å². The van der Waals surface area contributed by atoms with Gasteiger partial charge in [-0.1, -0.05) is 36.4 Å². The van der Waals surface area contributed by atoms with Crippen molar-refractivity contribution in [1.82, 2.24) is 14.5 Å². The Bertz CT molecular complexity index is 1890. The maximum atomic E-state index is 13.9. The van der Waals surface area contributed by atoms with Gasteiger partial charge in [0, 0.05) is 19.2 Å². The number of hydrogen-bond acceptors (Lipinski definition) is 6. The van der Waals surface area contributed by atoms with Gasteiger partial charge in [0.2, 0.25) is 0 Å². The molecule has 0 aliphatic heterocycles. The topological polar surface area (TPSA) is 99.6 Å². The lowest BCUT2D eigenvalue weighted by Gasteiger charge is -2.21. The van der Waals surface area contributed by atoms with Gasteiger partial charge in [-0.25, -0.2) is 14.4 Å². The van der Waals surface area contributed by atoms with Crippen LogP contribution >= 0.6 is 0 Å². The van der Waals surface area contributed by atoms with Crippen molar-refractivity contribution in [2.45, 2.75) is 25.4 Å². The number of alkyl halides is 3. The Morgan fingerprint density at radius 1 is 0.932 bits per heavy atom. The number of ether oxygens (including phenoxy) is 1. The highest BCUT2D eigenvalue weighted by molar-refractivity contribution is 5.74. The third-order valence-electron chi connectivity index (χ3n) is 6.93. The van der Waals surface area contributed by atoms with Crippen LogP contribution in [0.25, 0.3) is 11.1 Å². The lowest BCUT2D eigenvalue weighted by atomic mass is 9.92. The molecule has 0 aliphatic rings. The number of nitriles is 2. The Hall–Kier alpha value is -5.52. The fourth-order valence-corrected chi connectivity index (χ4v) is 4.79. The molecule has 7 nitrogen and oxygen atoms in total. The molecule has 0 spiro atoms. The van der Waals surface area contributed by atoms with Crippen LogP contribution in [0.5, 0.6) is 0 Å². The van der Waals surface area contributed by atoms with Crippen LogP contribution in [0.3, 0.4) is 0 Å². The average Bonchev–Trinajstić information content (AvgIpc) is 3.45. The number of anilines is 1. The van der Waals surface area contributed by atoms with Crippen LogP contribution in [0.1, 0.15) is 45.3 Å². The van der Waals surface area contributed by atoms with Gasteiger partial charge < -0.3 is 14.6 Å². The number of pyridine rings is 1. The predicted octanol–water partition coefficient (Wildman–Crippen LogP) is 7.30. The van der Waals surface area contributed by atoms with Crippen LogP contribution < -0.4 is 5.32 Å². The van der Waals surface area contributed by atoms with Crippen molar-refractivity contribution in [2.75, 3.05) is 5.32 Å². The van der Waals surface area contributed by atoms with Gasteiger partial charge in [-0.05, 0) is 59.2 Å². The fourth-order valence-electron chi connectivity index (χ4n) is 4.79. The fraction of sp³-hybridized carbons (Fsp3) is 0.152. The molecule has 0 aliphatic carbocycles. The molecule has 0 bridgehead atoms. The van der Waals surface area contributed by atoms with E-state index in [1.165, 1.54) is 42.5 Å². The van der Waals surface area contributed by atoms with E-state index >= 15 is 0 Å². The van der Waals surface area contributed by atoms with E-state index in [1.54, 1.807) is 54.5 Å². The normalized spacial score (nSPS) is 11.9. The van der Waals surface area contributed by atoms with E-state index in [0.717, 1.165) is 6.07 Å². The van der Waals surface area contributed by atoms with Gasteiger partial charge in [-0.15, -0.1) is 0 Å². The predicted molar refractivity (Wildman–Crippen MR) is 154 cm³/mol. The number of hydrogen-bond donors (Lipinski definition) is 1. The van der Waals surface area contributed by atoms with Gasteiger partial charge in [-0.3, -0.25) is 0 Å². The average molecular weight is 597 g/mol. The number of nitrogens with zero attached hydrogens (tertiary/aromatic N) is 5. The molecule has 0 radical (unpaired) electrons. The minimum atomic E-state index is -4.63. The Labute approximate surface area is 250 Å². The van der Waals surface area contributed by atoms with Crippen LogP contribution in [0.15, 0.2) is 91.4 Å². The van der Waals surface area contributed by atoms with Crippen molar-refractivity contribution in [3.05, 3.63) is 136 Å². The van der Waals surface area contributed by atoms with Crippen molar-refractivity contribution < 1.29 is 22.3 Å². The van der Waals surface area contributed by atoms with Crippen LogP contribution in [0.2, 0.25) is 0 Å². The molecule has 1 atom stereocenters. The van der Waals surface area contributed by atoms with E-state index in [0.29, 0.717) is 28.3 Å². The first-order valence-corrected chi connectivity index (χ1v) is 13.3. The number of nitrogens with one attached hydrogen (secondary N) is 1. The quantitative estimate of drug-likeness (QED) is 0.179. The summed E-state index contributed by atoms with van der Waals surface area (Å²) in [7, 11) is 1.76. The van der Waals surface area contributed by atoms with Crippen molar-refractivity contribution in [3.8, 4) is 23.3 Å². The first-order chi connectivity index (χ1) is 21.2. The molecule has 5 rings (SSSR count). The first-order valence-electron chi connectivity index (χ1n) is 13.3. The van der Waals surface area contributed by atoms with E-state index in [4.69, 9.17) is 4.74 Å². The molecule has 11 heteroatoms. The van der Waals surface area contributed by atoms with Crippen LogP contribution in [-0.4, -0.2) is 14.5 Å². The number of halogens is 4. The standard InChI is InChI=1S/C33H24F4N6O/c1-43-20-40-18-30(43)31(22-9-10-23(15-38)28(14-22)27-7-2-3-8-29(27)33(35,36)37)44-19-26-12-11-24(16-39)32(42-26)41-17-21-5-4-6-25(34)13-21/h2-14,18,20,31H,17,19H2,1H3,(H,41,42). The smallest absolute Gasteiger partial charge is 0.365 e. The zero-order valence-corrected chi connectivity index (χ0v) is 23.3. The van der Waals surface area contributed by atoms with Crippen molar-refractivity contribution in [3.63, 3.8) is 0 Å². The molecule has 220 valence electrons. The zero-order chi connectivity index (χ0) is 31.3. The maximum Gasteiger partial charge on any atom is 0.417 e. The number of imidazole rings is 1. The van der Waals surface area contributed by atoms with E-state index in [1.807, 2.05) is 6.07 Å². The number of aryl methyl sites for hydroxylation is 1. The summed E-state index contributed by atoms with van der Waals surface area (Å²) in [6.45, 7) is 0.194. The van der Waals surface area contributed by atoms with E-state index in [9.17, 15) is 28.1 Å². The molecule has 3 aromatic carbocycles. The summed E-state index contributed by atoms with van der Waals surface area (Å²) >= 11 is 0. The molecule has 44 heavy (non-hydrogen) atoms. The van der Waals surface area contributed by atoms with E-state index < -0.39 is 17.8 Å². The number of rotatable bonds is 9. The Morgan fingerprint density at radius 2 is 1.70 bits per heavy atom. The summed E-state index contributed by atoms with van der Waals surface area (Å²) in [6.07, 6.45) is -2.26. The zero-order valence-electron chi connectivity index (χ0n) is 23.3. The molecular weight excluding hydrogens is 572 g/mol. The number of benzene rings is 3. The molecule has 0 amide bonds. The highest BCUT2D eigenvalue weighted by Crippen LogP contribution is 2.39. The van der Waals surface area contributed by atoms with Gasteiger partial charge in [0.1, 0.15) is 23.8 Å². The Morgan fingerprint density at radius 3 is 2.41 bits per heavy atom. The summed E-state index contributed by atoms with van der Waals surface area (Å²) in [6, 6.07) is 23.1. The third-order valence-corrected chi connectivity index (χ3v) is 6.93. The molecule has 2 aromatic heterocycles. The minimum absolute atomic E-state index is 0.0370. The second kappa shape index (κ2) is 12.8. The minimum Gasteiger partial charge on any atom is -0.365 e. The monoisotopic (exact) mass is 596 g/mol. The summed E-state index contributed by atoms with van der Waals surface area (Å²) in [4.78, 5) is 8.71. The van der Waals surface area contributed by atoms with Gasteiger partial charge in [0.05, 0.1) is 53.3 Å². The molecule has 2 heterocycles. The lowest BCUT2D eigenvalue weighted by Crippen LogP contribution is -2.12. The third kappa shape index (κ3) is 6.59. The summed E-state index contributed by atoms with van der Waals surface area (Å²) in [5.41, 5.74) is 1.75. The maximum absolute atomic E-state index is 13.9. The largest absolute Gasteiger partial charge is 0.417 e. The molecule has 0 saturated heterocycles. The number of aromatic nitrogens is 3. The van der Waals surface area contributed by atoms with E-state index in [-0.39, 0.29) is 41.2 Å². The van der Waals surface area contributed by atoms with Crippen LogP contribution in [0.4, 0.5) is 23.4 Å². The molecule has 5 aromatic rings. The van der Waals surface area contributed by atoms with Gasteiger partial charge >= 0.3 is 6.18 Å². The highest BCUT2D eigenvalue weighted by Gasteiger charge is 2.34. The summed E-state index contributed by atoms with van der Waals surface area (Å²) in [5.74, 6) is -0.0895. The van der Waals surface area contributed by atoms with Crippen LogP contribution in [-0.2, 0) is 31.1 Å². The Kier molecular flexibility index (Phi) is 8.70. The summed E-state index contributed by atoms with van der Waals surface area (Å²) < 4.78 is 63.4. The highest BCUT2D eigenvalue weighted by atomic mass is 19.4.